The number of ether oxygens (including phenoxy) is 1. The second kappa shape index (κ2) is 9.11. The Hall–Kier alpha value is -2.49. The van der Waals surface area contributed by atoms with Crippen LogP contribution < -0.4 is 10.2 Å². The minimum absolute atomic E-state index is 0.105. The molecule has 2 unspecified atom stereocenters. The van der Waals surface area contributed by atoms with E-state index in [4.69, 9.17) is 4.74 Å². The summed E-state index contributed by atoms with van der Waals surface area (Å²) < 4.78 is 33.1. The van der Waals surface area contributed by atoms with Gasteiger partial charge in [-0.2, -0.15) is 4.31 Å². The maximum atomic E-state index is 13.0. The van der Waals surface area contributed by atoms with E-state index in [1.165, 1.54) is 16.4 Å². The summed E-state index contributed by atoms with van der Waals surface area (Å²) in [5, 5.41) is 2.82. The number of nitrogens with zero attached hydrogens (tertiary/aromatic N) is 3. The van der Waals surface area contributed by atoms with Crippen LogP contribution in [0.15, 0.2) is 47.5 Å². The van der Waals surface area contributed by atoms with E-state index in [9.17, 15) is 13.2 Å². The molecule has 2 atom stereocenters. The molecule has 2 heterocycles. The molecule has 0 bridgehead atoms. The number of amides is 1. The van der Waals surface area contributed by atoms with Gasteiger partial charge in [-0.1, -0.05) is 12.1 Å². The topological polar surface area (TPSA) is 91.8 Å². The Morgan fingerprint density at radius 1 is 1.20 bits per heavy atom. The van der Waals surface area contributed by atoms with Crippen LogP contribution in [0.25, 0.3) is 0 Å². The van der Waals surface area contributed by atoms with Crippen molar-refractivity contribution in [3.8, 4) is 0 Å². The predicted molar refractivity (Wildman–Crippen MR) is 115 cm³/mol. The average Bonchev–Trinajstić information content (AvgIpc) is 2.71. The summed E-state index contributed by atoms with van der Waals surface area (Å²) in [5.74, 6) is 0.488. The smallest absolute Gasteiger partial charge is 0.251 e. The number of carbonyl (C=O) groups is 1. The van der Waals surface area contributed by atoms with E-state index in [0.717, 1.165) is 11.4 Å². The van der Waals surface area contributed by atoms with Gasteiger partial charge in [-0.15, -0.1) is 0 Å². The summed E-state index contributed by atoms with van der Waals surface area (Å²) in [4.78, 5) is 18.9. The van der Waals surface area contributed by atoms with Gasteiger partial charge >= 0.3 is 0 Å². The van der Waals surface area contributed by atoms with Crippen molar-refractivity contribution in [3.63, 3.8) is 0 Å². The number of rotatable bonds is 6. The summed E-state index contributed by atoms with van der Waals surface area (Å²) in [6.07, 6.45) is 1.35. The molecule has 1 aliphatic heterocycles. The van der Waals surface area contributed by atoms with Gasteiger partial charge in [-0.05, 0) is 43.7 Å². The summed E-state index contributed by atoms with van der Waals surface area (Å²) in [5.41, 5.74) is 1.15. The third-order valence-corrected chi connectivity index (χ3v) is 6.67. The van der Waals surface area contributed by atoms with Crippen LogP contribution >= 0.6 is 0 Å². The molecule has 0 radical (unpaired) electrons. The van der Waals surface area contributed by atoms with Crippen LogP contribution in [0.3, 0.4) is 0 Å². The number of hydrogen-bond acceptors (Lipinski definition) is 6. The minimum atomic E-state index is -3.71. The fourth-order valence-electron chi connectivity index (χ4n) is 3.34. The lowest BCUT2D eigenvalue weighted by Crippen LogP contribution is -2.48. The molecule has 0 saturated carbocycles. The summed E-state index contributed by atoms with van der Waals surface area (Å²) in [6.45, 7) is 4.58. The third kappa shape index (κ3) is 5.16. The number of benzene rings is 1. The van der Waals surface area contributed by atoms with Crippen molar-refractivity contribution in [2.24, 2.45) is 0 Å². The number of hydrogen-bond donors (Lipinski definition) is 1. The Morgan fingerprint density at radius 2 is 1.90 bits per heavy atom. The maximum Gasteiger partial charge on any atom is 0.251 e. The zero-order valence-corrected chi connectivity index (χ0v) is 18.5. The van der Waals surface area contributed by atoms with E-state index in [1.54, 1.807) is 18.3 Å². The highest BCUT2D eigenvalue weighted by Gasteiger charge is 2.32. The zero-order chi connectivity index (χ0) is 21.9. The molecule has 3 rings (SSSR count). The molecule has 1 saturated heterocycles. The highest BCUT2D eigenvalue weighted by molar-refractivity contribution is 7.89. The van der Waals surface area contributed by atoms with Gasteiger partial charge in [-0.25, -0.2) is 13.4 Å². The number of nitrogens with one attached hydrogen (secondary N) is 1. The Morgan fingerprint density at radius 3 is 2.50 bits per heavy atom. The molecule has 1 amide bonds. The van der Waals surface area contributed by atoms with Crippen LogP contribution in [-0.4, -0.2) is 63.0 Å². The Kier molecular flexibility index (Phi) is 6.74. The van der Waals surface area contributed by atoms with Crippen molar-refractivity contribution in [2.45, 2.75) is 37.5 Å². The van der Waals surface area contributed by atoms with Gasteiger partial charge in [-0.3, -0.25) is 4.79 Å². The molecule has 8 nitrogen and oxygen atoms in total. The fourth-order valence-corrected chi connectivity index (χ4v) is 4.98. The summed E-state index contributed by atoms with van der Waals surface area (Å²) in [7, 11) is 0.106. The highest BCUT2D eigenvalue weighted by atomic mass is 32.2. The first-order valence-electron chi connectivity index (χ1n) is 9.83. The maximum absolute atomic E-state index is 13.0. The molecule has 0 aliphatic carbocycles. The van der Waals surface area contributed by atoms with Crippen LogP contribution in [0.1, 0.15) is 29.8 Å². The standard InChI is InChI=1S/C21H28N4O4S/c1-15-13-25(14-16(2)29-15)30(27,28)19-7-5-6-18(10-19)21(26)23-12-17-8-9-20(22-11-17)24(3)4/h5-11,15-16H,12-14H2,1-4H3,(H,23,26). The van der Waals surface area contributed by atoms with Crippen molar-refractivity contribution in [1.29, 1.82) is 0 Å². The SMILES string of the molecule is CC1CN(S(=O)(=O)c2cccc(C(=O)NCc3ccc(N(C)C)nc3)c2)CC(C)O1. The third-order valence-electron chi connectivity index (χ3n) is 4.84. The first-order valence-corrected chi connectivity index (χ1v) is 11.3. The lowest BCUT2D eigenvalue weighted by Gasteiger charge is -2.34. The van der Waals surface area contributed by atoms with Gasteiger partial charge in [0.15, 0.2) is 0 Å². The Bertz CT molecular complexity index is 982. The van der Waals surface area contributed by atoms with Crippen molar-refractivity contribution in [3.05, 3.63) is 53.7 Å². The van der Waals surface area contributed by atoms with Crippen molar-refractivity contribution < 1.29 is 17.9 Å². The van der Waals surface area contributed by atoms with Gasteiger partial charge in [0.05, 0.1) is 17.1 Å². The number of morpholine rings is 1. The quantitative estimate of drug-likeness (QED) is 0.749. The van der Waals surface area contributed by atoms with Gasteiger partial charge in [0, 0.05) is 45.5 Å². The number of carbonyl (C=O) groups excluding carboxylic acids is 1. The zero-order valence-electron chi connectivity index (χ0n) is 17.7. The normalized spacial score (nSPS) is 20.0. The van der Waals surface area contributed by atoms with E-state index in [2.05, 4.69) is 10.3 Å². The number of aromatic nitrogens is 1. The van der Waals surface area contributed by atoms with Crippen LogP contribution in [0.2, 0.25) is 0 Å². The number of sulfonamides is 1. The molecule has 162 valence electrons. The van der Waals surface area contributed by atoms with Crippen LogP contribution in [-0.2, 0) is 21.3 Å². The average molecular weight is 433 g/mol. The predicted octanol–water partition coefficient (Wildman–Crippen LogP) is 1.88. The first-order chi connectivity index (χ1) is 14.2. The second-order valence-corrected chi connectivity index (χ2v) is 9.65. The van der Waals surface area contributed by atoms with Crippen molar-refractivity contribution in [2.75, 3.05) is 32.1 Å². The summed E-state index contributed by atoms with van der Waals surface area (Å²) >= 11 is 0. The molecule has 1 aromatic carbocycles. The molecular formula is C21H28N4O4S. The Labute approximate surface area is 177 Å². The van der Waals surface area contributed by atoms with Gasteiger partial charge in [0.1, 0.15) is 5.82 Å². The minimum Gasteiger partial charge on any atom is -0.373 e. The number of anilines is 1. The van der Waals surface area contributed by atoms with E-state index >= 15 is 0 Å². The van der Waals surface area contributed by atoms with E-state index < -0.39 is 10.0 Å². The van der Waals surface area contributed by atoms with Crippen LogP contribution in [0.4, 0.5) is 5.82 Å². The van der Waals surface area contributed by atoms with Gasteiger partial charge in [0.25, 0.3) is 5.91 Å². The number of pyridine rings is 1. The summed E-state index contributed by atoms with van der Waals surface area (Å²) in [6, 6.07) is 9.89. The molecule has 0 spiro atoms. The van der Waals surface area contributed by atoms with Gasteiger partial charge < -0.3 is 15.0 Å². The molecular weight excluding hydrogens is 404 g/mol. The molecule has 1 fully saturated rings. The van der Waals surface area contributed by atoms with E-state index in [0.29, 0.717) is 25.2 Å². The fraction of sp³-hybridized carbons (Fsp3) is 0.429. The lowest BCUT2D eigenvalue weighted by atomic mass is 10.2. The first kappa shape index (κ1) is 22.2. The molecule has 1 aromatic heterocycles. The van der Waals surface area contributed by atoms with Crippen LogP contribution in [0, 0.1) is 0 Å². The highest BCUT2D eigenvalue weighted by Crippen LogP contribution is 2.22. The van der Waals surface area contributed by atoms with E-state index in [1.807, 2.05) is 45.0 Å². The monoisotopic (exact) mass is 432 g/mol. The Balaban J connectivity index is 1.70. The van der Waals surface area contributed by atoms with Crippen LogP contribution in [0.5, 0.6) is 0 Å². The molecule has 1 N–H and O–H groups in total. The van der Waals surface area contributed by atoms with Crippen molar-refractivity contribution >= 4 is 21.7 Å². The second-order valence-electron chi connectivity index (χ2n) is 7.71. The largest absolute Gasteiger partial charge is 0.373 e. The lowest BCUT2D eigenvalue weighted by molar-refractivity contribution is -0.0440. The molecule has 2 aromatic rings. The molecule has 9 heteroatoms. The molecule has 1 aliphatic rings. The van der Waals surface area contributed by atoms with Crippen molar-refractivity contribution in [1.82, 2.24) is 14.6 Å². The van der Waals surface area contributed by atoms with E-state index in [-0.39, 0.29) is 23.0 Å². The van der Waals surface area contributed by atoms with Gasteiger partial charge in [0.2, 0.25) is 10.0 Å². The molecule has 30 heavy (non-hydrogen) atoms.